The summed E-state index contributed by atoms with van der Waals surface area (Å²) in [4.78, 5) is 21.6. The van der Waals surface area contributed by atoms with Gasteiger partial charge in [0.15, 0.2) is 0 Å². The summed E-state index contributed by atoms with van der Waals surface area (Å²) < 4.78 is 0. The molecule has 17 heavy (non-hydrogen) atoms. The Bertz CT molecular complexity index is 455. The van der Waals surface area contributed by atoms with Gasteiger partial charge >= 0.3 is 0 Å². The fourth-order valence-corrected chi connectivity index (χ4v) is 1.64. The third kappa shape index (κ3) is 3.59. The number of aromatic carboxylic acids is 2. The van der Waals surface area contributed by atoms with Gasteiger partial charge in [0.05, 0.1) is 11.9 Å². The van der Waals surface area contributed by atoms with Crippen LogP contribution in [-0.2, 0) is 6.42 Å². The Hall–Kier alpha value is -1.84. The van der Waals surface area contributed by atoms with Gasteiger partial charge in [-0.05, 0) is 29.0 Å². The highest BCUT2D eigenvalue weighted by Crippen LogP contribution is 2.23. The summed E-state index contributed by atoms with van der Waals surface area (Å²) >= 11 is 0. The molecule has 0 spiro atoms. The smallest absolute Gasteiger partial charge is 0.0718 e. The molecule has 0 heterocycles. The van der Waals surface area contributed by atoms with E-state index in [0.717, 1.165) is 0 Å². The van der Waals surface area contributed by atoms with Crippen molar-refractivity contribution in [2.24, 2.45) is 5.41 Å². The van der Waals surface area contributed by atoms with E-state index in [9.17, 15) is 19.8 Å². The van der Waals surface area contributed by atoms with Crippen molar-refractivity contribution < 1.29 is 19.8 Å². The molecule has 0 bridgehead atoms. The summed E-state index contributed by atoms with van der Waals surface area (Å²) in [5.74, 6) is -2.61. The molecule has 0 saturated heterocycles. The Labute approximate surface area is 99.9 Å². The van der Waals surface area contributed by atoms with Crippen molar-refractivity contribution in [3.63, 3.8) is 0 Å². The number of benzene rings is 1. The average Bonchev–Trinajstić information content (AvgIpc) is 2.14. The fourth-order valence-electron chi connectivity index (χ4n) is 1.64. The van der Waals surface area contributed by atoms with Crippen LogP contribution in [0.15, 0.2) is 18.2 Å². The van der Waals surface area contributed by atoms with Gasteiger partial charge in [-0.15, -0.1) is 0 Å². The average molecular weight is 234 g/mol. The van der Waals surface area contributed by atoms with E-state index in [4.69, 9.17) is 0 Å². The quantitative estimate of drug-likeness (QED) is 0.737. The Balaban J connectivity index is 3.25. The van der Waals surface area contributed by atoms with Gasteiger partial charge < -0.3 is 19.8 Å². The summed E-state index contributed by atoms with van der Waals surface area (Å²) in [7, 11) is 0. The first kappa shape index (κ1) is 13.2. The van der Waals surface area contributed by atoms with Gasteiger partial charge in [0.2, 0.25) is 0 Å². The summed E-state index contributed by atoms with van der Waals surface area (Å²) in [5.41, 5.74) is 0.327. The van der Waals surface area contributed by atoms with Crippen LogP contribution in [0.4, 0.5) is 0 Å². The van der Waals surface area contributed by atoms with Crippen LogP contribution in [0.25, 0.3) is 0 Å². The highest BCUT2D eigenvalue weighted by molar-refractivity contribution is 5.91. The Morgan fingerprint density at radius 3 is 2.12 bits per heavy atom. The molecule has 4 nitrogen and oxygen atoms in total. The van der Waals surface area contributed by atoms with E-state index in [1.807, 2.05) is 20.8 Å². The van der Waals surface area contributed by atoms with Crippen LogP contribution in [0.1, 0.15) is 47.1 Å². The number of hydrogen-bond donors (Lipinski definition) is 0. The van der Waals surface area contributed by atoms with Crippen LogP contribution in [-0.4, -0.2) is 11.9 Å². The van der Waals surface area contributed by atoms with Gasteiger partial charge in [-0.25, -0.2) is 0 Å². The molecule has 0 aliphatic rings. The van der Waals surface area contributed by atoms with Gasteiger partial charge in [-0.3, -0.25) is 0 Å². The van der Waals surface area contributed by atoms with Gasteiger partial charge in [0, 0.05) is 5.56 Å². The molecular formula is C13H14O4-2. The molecule has 0 aromatic heterocycles. The highest BCUT2D eigenvalue weighted by Gasteiger charge is 2.15. The molecule has 1 aromatic carbocycles. The van der Waals surface area contributed by atoms with E-state index >= 15 is 0 Å². The van der Waals surface area contributed by atoms with E-state index in [-0.39, 0.29) is 16.5 Å². The van der Waals surface area contributed by atoms with Crippen molar-refractivity contribution in [1.29, 1.82) is 0 Å². The molecule has 0 aliphatic carbocycles. The van der Waals surface area contributed by atoms with E-state index in [1.165, 1.54) is 18.2 Å². The summed E-state index contributed by atoms with van der Waals surface area (Å²) in [5, 5.41) is 21.6. The Kier molecular flexibility index (Phi) is 3.56. The molecular weight excluding hydrogens is 220 g/mol. The number of carboxylic acids is 2. The molecule has 0 N–H and O–H groups in total. The van der Waals surface area contributed by atoms with Crippen LogP contribution < -0.4 is 10.2 Å². The van der Waals surface area contributed by atoms with Crippen molar-refractivity contribution >= 4 is 11.9 Å². The third-order valence-electron chi connectivity index (χ3n) is 2.28. The van der Waals surface area contributed by atoms with Crippen molar-refractivity contribution in [3.05, 3.63) is 34.9 Å². The van der Waals surface area contributed by atoms with Crippen LogP contribution in [0.5, 0.6) is 0 Å². The van der Waals surface area contributed by atoms with Crippen LogP contribution in [0.3, 0.4) is 0 Å². The summed E-state index contributed by atoms with van der Waals surface area (Å²) in [6.45, 7) is 5.83. The number of rotatable bonds is 3. The first-order valence-electron chi connectivity index (χ1n) is 5.26. The molecule has 0 amide bonds. The molecule has 0 atom stereocenters. The second-order valence-corrected chi connectivity index (χ2v) is 5.18. The van der Waals surface area contributed by atoms with Gasteiger partial charge in [-0.1, -0.05) is 32.9 Å². The number of carbonyl (C=O) groups excluding carboxylic acids is 2. The minimum atomic E-state index is -1.31. The zero-order valence-corrected chi connectivity index (χ0v) is 10.1. The van der Waals surface area contributed by atoms with Gasteiger partial charge in [-0.2, -0.15) is 0 Å². The lowest BCUT2D eigenvalue weighted by molar-refractivity contribution is -0.256. The third-order valence-corrected chi connectivity index (χ3v) is 2.28. The highest BCUT2D eigenvalue weighted by atomic mass is 16.4. The van der Waals surface area contributed by atoms with E-state index in [2.05, 4.69) is 0 Å². The monoisotopic (exact) mass is 234 g/mol. The molecule has 1 rings (SSSR count). The maximum Gasteiger partial charge on any atom is 0.0718 e. The maximum atomic E-state index is 10.9. The lowest BCUT2D eigenvalue weighted by Crippen LogP contribution is -2.27. The molecule has 0 unspecified atom stereocenters. The van der Waals surface area contributed by atoms with Crippen molar-refractivity contribution in [3.8, 4) is 0 Å². The van der Waals surface area contributed by atoms with Crippen molar-refractivity contribution in [2.45, 2.75) is 27.2 Å². The first-order chi connectivity index (χ1) is 7.70. The van der Waals surface area contributed by atoms with Crippen LogP contribution in [0.2, 0.25) is 0 Å². The molecule has 0 fully saturated rings. The van der Waals surface area contributed by atoms with E-state index in [0.29, 0.717) is 12.0 Å². The molecule has 4 heteroatoms. The normalized spacial score (nSPS) is 11.2. The molecule has 0 saturated carbocycles. The lowest BCUT2D eigenvalue weighted by Gasteiger charge is -2.21. The SMILES string of the molecule is CC(C)(C)Cc1cc(C(=O)[O-])ccc1C(=O)[O-]. The minimum absolute atomic E-state index is 0.0192. The minimum Gasteiger partial charge on any atom is -0.545 e. The second kappa shape index (κ2) is 4.57. The van der Waals surface area contributed by atoms with E-state index < -0.39 is 11.9 Å². The molecule has 92 valence electrons. The Morgan fingerprint density at radius 1 is 1.12 bits per heavy atom. The van der Waals surface area contributed by atoms with Gasteiger partial charge in [0.25, 0.3) is 0 Å². The predicted molar refractivity (Wildman–Crippen MR) is 58.3 cm³/mol. The predicted octanol–water partition coefficient (Wildman–Crippen LogP) is 0.00220. The summed E-state index contributed by atoms with van der Waals surface area (Å²) in [6, 6.07) is 3.81. The standard InChI is InChI=1S/C13H16O4/c1-13(2,3)7-9-6-8(11(14)15)4-5-10(9)12(16)17/h4-6H,7H2,1-3H3,(H,14,15)(H,16,17)/p-2. The zero-order chi connectivity index (χ0) is 13.2. The maximum absolute atomic E-state index is 10.9. The van der Waals surface area contributed by atoms with Crippen molar-refractivity contribution in [1.82, 2.24) is 0 Å². The Morgan fingerprint density at radius 2 is 1.71 bits per heavy atom. The molecule has 0 aliphatic heterocycles. The zero-order valence-electron chi connectivity index (χ0n) is 10.1. The topological polar surface area (TPSA) is 80.3 Å². The van der Waals surface area contributed by atoms with Crippen LogP contribution >= 0.6 is 0 Å². The number of carboxylic acid groups (broad SMARTS) is 2. The van der Waals surface area contributed by atoms with Crippen LogP contribution in [0, 0.1) is 5.41 Å². The van der Waals surface area contributed by atoms with Crippen molar-refractivity contribution in [2.75, 3.05) is 0 Å². The van der Waals surface area contributed by atoms with E-state index in [1.54, 1.807) is 0 Å². The first-order valence-corrected chi connectivity index (χ1v) is 5.26. The molecule has 1 aromatic rings. The second-order valence-electron chi connectivity index (χ2n) is 5.18. The van der Waals surface area contributed by atoms with Gasteiger partial charge in [0.1, 0.15) is 0 Å². The number of carbonyl (C=O) groups is 2. The number of hydrogen-bond acceptors (Lipinski definition) is 4. The summed E-state index contributed by atoms with van der Waals surface area (Å²) in [6.07, 6.45) is 0.456. The fraction of sp³-hybridized carbons (Fsp3) is 0.385. The largest absolute Gasteiger partial charge is 0.545 e. The lowest BCUT2D eigenvalue weighted by atomic mass is 9.85. The molecule has 0 radical (unpaired) electrons.